The maximum Gasteiger partial charge on any atom is 0.160 e. The predicted molar refractivity (Wildman–Crippen MR) is 75.9 cm³/mol. The van der Waals surface area contributed by atoms with E-state index < -0.39 is 11.2 Å². The number of benzene rings is 2. The summed E-state index contributed by atoms with van der Waals surface area (Å²) < 4.78 is 12.4. The van der Waals surface area contributed by atoms with E-state index in [0.717, 1.165) is 11.1 Å². The van der Waals surface area contributed by atoms with Crippen LogP contribution < -0.4 is 11.5 Å². The van der Waals surface area contributed by atoms with E-state index in [-0.39, 0.29) is 0 Å². The van der Waals surface area contributed by atoms with Crippen LogP contribution in [0.5, 0.6) is 0 Å². The van der Waals surface area contributed by atoms with Gasteiger partial charge in [0, 0.05) is 34.7 Å². The molecule has 0 bridgehead atoms. The molecule has 0 saturated heterocycles. The fourth-order valence-electron chi connectivity index (χ4n) is 1.60. The van der Waals surface area contributed by atoms with Crippen LogP contribution in [0.25, 0.3) is 0 Å². The van der Waals surface area contributed by atoms with Gasteiger partial charge in [0.1, 0.15) is 0 Å². The minimum Gasteiger partial charge on any atom is -0.606 e. The molecule has 3 nitrogen and oxygen atoms in total. The van der Waals surface area contributed by atoms with E-state index >= 15 is 0 Å². The Labute approximate surface area is 110 Å². The molecule has 18 heavy (non-hydrogen) atoms. The van der Waals surface area contributed by atoms with Crippen molar-refractivity contribution in [2.75, 3.05) is 11.5 Å². The molecule has 0 radical (unpaired) electrons. The summed E-state index contributed by atoms with van der Waals surface area (Å²) in [4.78, 5) is 1.39. The minimum atomic E-state index is -1.24. The monoisotopic (exact) mass is 260 g/mol. The molecule has 0 atom stereocenters. The van der Waals surface area contributed by atoms with E-state index in [1.165, 1.54) is 0 Å². The molecule has 2 rings (SSSR count). The molecule has 4 heteroatoms. The van der Waals surface area contributed by atoms with Gasteiger partial charge in [-0.15, -0.1) is 0 Å². The standard InChI is InChI=1S/C14H16N2OS/c1-9-3-5-11(7-13(9)15)18(17)12-6-4-10(2)14(16)8-12/h3-8H,15-16H2,1-2H3. The summed E-state index contributed by atoms with van der Waals surface area (Å²) >= 11 is -1.24. The van der Waals surface area contributed by atoms with Crippen molar-refractivity contribution in [1.82, 2.24) is 0 Å². The van der Waals surface area contributed by atoms with E-state index in [2.05, 4.69) is 0 Å². The summed E-state index contributed by atoms with van der Waals surface area (Å²) in [6, 6.07) is 10.9. The van der Waals surface area contributed by atoms with Gasteiger partial charge >= 0.3 is 0 Å². The number of hydrogen-bond donors (Lipinski definition) is 2. The summed E-state index contributed by atoms with van der Waals surface area (Å²) in [5, 5.41) is 0. The molecular formula is C14H16N2OS. The van der Waals surface area contributed by atoms with Gasteiger partial charge in [0.15, 0.2) is 9.79 Å². The number of aryl methyl sites for hydroxylation is 2. The molecule has 0 spiro atoms. The van der Waals surface area contributed by atoms with Crippen molar-refractivity contribution in [2.45, 2.75) is 23.6 Å². The number of nitrogens with two attached hydrogens (primary N) is 2. The molecule has 0 saturated carbocycles. The Balaban J connectivity index is 2.37. The topological polar surface area (TPSA) is 75.1 Å². The fraction of sp³-hybridized carbons (Fsp3) is 0.143. The van der Waals surface area contributed by atoms with Crippen LogP contribution in [0.4, 0.5) is 11.4 Å². The molecular weight excluding hydrogens is 244 g/mol. The Morgan fingerprint density at radius 3 is 1.56 bits per heavy atom. The third kappa shape index (κ3) is 2.44. The maximum atomic E-state index is 12.4. The van der Waals surface area contributed by atoms with Crippen molar-refractivity contribution in [3.8, 4) is 0 Å². The van der Waals surface area contributed by atoms with Crippen LogP contribution in [0.15, 0.2) is 46.2 Å². The average molecular weight is 260 g/mol. The second-order valence-electron chi connectivity index (χ2n) is 4.31. The lowest BCUT2D eigenvalue weighted by atomic mass is 10.2. The Bertz CT molecular complexity index is 533. The van der Waals surface area contributed by atoms with Gasteiger partial charge in [0.25, 0.3) is 0 Å². The first-order valence-electron chi connectivity index (χ1n) is 5.63. The Hall–Kier alpha value is -1.65. The smallest absolute Gasteiger partial charge is 0.160 e. The molecule has 94 valence electrons. The van der Waals surface area contributed by atoms with Crippen LogP contribution >= 0.6 is 0 Å². The highest BCUT2D eigenvalue weighted by Gasteiger charge is 2.16. The first-order chi connectivity index (χ1) is 8.49. The van der Waals surface area contributed by atoms with Gasteiger partial charge in [-0.3, -0.25) is 0 Å². The number of nitrogen functional groups attached to an aromatic ring is 2. The van der Waals surface area contributed by atoms with Crippen LogP contribution in [0.3, 0.4) is 0 Å². The van der Waals surface area contributed by atoms with Crippen LogP contribution in [0.2, 0.25) is 0 Å². The highest BCUT2D eigenvalue weighted by Crippen LogP contribution is 2.26. The number of hydrogen-bond acceptors (Lipinski definition) is 3. The number of rotatable bonds is 2. The van der Waals surface area contributed by atoms with Crippen molar-refractivity contribution in [1.29, 1.82) is 0 Å². The van der Waals surface area contributed by atoms with Crippen LogP contribution in [-0.4, -0.2) is 4.55 Å². The summed E-state index contributed by atoms with van der Waals surface area (Å²) in [5.74, 6) is 0. The van der Waals surface area contributed by atoms with E-state index in [0.29, 0.717) is 21.2 Å². The average Bonchev–Trinajstić information content (AvgIpc) is 2.35. The lowest BCUT2D eigenvalue weighted by Crippen LogP contribution is -2.04. The molecule has 0 amide bonds. The molecule has 2 aromatic carbocycles. The van der Waals surface area contributed by atoms with Crippen molar-refractivity contribution in [3.05, 3.63) is 47.5 Å². The second-order valence-corrected chi connectivity index (χ2v) is 5.79. The zero-order chi connectivity index (χ0) is 13.3. The largest absolute Gasteiger partial charge is 0.606 e. The second kappa shape index (κ2) is 4.92. The summed E-state index contributed by atoms with van der Waals surface area (Å²) in [5.41, 5.74) is 14.9. The Kier molecular flexibility index (Phi) is 3.50. The van der Waals surface area contributed by atoms with Crippen molar-refractivity contribution in [3.63, 3.8) is 0 Å². The molecule has 4 N–H and O–H groups in total. The van der Waals surface area contributed by atoms with Crippen molar-refractivity contribution >= 4 is 22.6 Å². The van der Waals surface area contributed by atoms with Gasteiger partial charge in [-0.2, -0.15) is 0 Å². The molecule has 0 aromatic heterocycles. The highest BCUT2D eigenvalue weighted by atomic mass is 32.2. The van der Waals surface area contributed by atoms with Gasteiger partial charge in [0.05, 0.1) is 0 Å². The lowest BCUT2D eigenvalue weighted by Gasteiger charge is -2.12. The van der Waals surface area contributed by atoms with Crippen molar-refractivity contribution in [2.24, 2.45) is 0 Å². The zero-order valence-electron chi connectivity index (χ0n) is 10.4. The van der Waals surface area contributed by atoms with Crippen LogP contribution in [0, 0.1) is 13.8 Å². The molecule has 2 aromatic rings. The summed E-state index contributed by atoms with van der Waals surface area (Å²) in [6.07, 6.45) is 0. The zero-order valence-corrected chi connectivity index (χ0v) is 11.3. The minimum absolute atomic E-state index is 0.654. The molecule has 0 aliphatic carbocycles. The quantitative estimate of drug-likeness (QED) is 0.644. The number of anilines is 2. The van der Waals surface area contributed by atoms with Gasteiger partial charge in [0.2, 0.25) is 0 Å². The van der Waals surface area contributed by atoms with E-state index in [4.69, 9.17) is 11.5 Å². The molecule has 0 aliphatic heterocycles. The predicted octanol–water partition coefficient (Wildman–Crippen LogP) is 2.63. The lowest BCUT2D eigenvalue weighted by molar-refractivity contribution is 0.595. The van der Waals surface area contributed by atoms with Crippen LogP contribution in [0.1, 0.15) is 11.1 Å². The Morgan fingerprint density at radius 1 is 0.833 bits per heavy atom. The third-order valence-corrected chi connectivity index (χ3v) is 4.29. The Morgan fingerprint density at radius 2 is 1.22 bits per heavy atom. The van der Waals surface area contributed by atoms with Gasteiger partial charge in [-0.1, -0.05) is 12.1 Å². The molecule has 0 heterocycles. The first kappa shape index (κ1) is 12.8. The van der Waals surface area contributed by atoms with Gasteiger partial charge < -0.3 is 16.0 Å². The fourth-order valence-corrected chi connectivity index (χ4v) is 2.73. The SMILES string of the molecule is Cc1ccc([S+]([O-])c2ccc(C)c(N)c2)cc1N. The van der Waals surface area contributed by atoms with E-state index in [9.17, 15) is 4.55 Å². The van der Waals surface area contributed by atoms with Crippen LogP contribution in [-0.2, 0) is 11.2 Å². The molecule has 0 unspecified atom stereocenters. The van der Waals surface area contributed by atoms with Gasteiger partial charge in [-0.05, 0) is 37.1 Å². The van der Waals surface area contributed by atoms with E-state index in [1.54, 1.807) is 12.1 Å². The normalized spacial score (nSPS) is 10.9. The van der Waals surface area contributed by atoms with E-state index in [1.807, 2.05) is 38.1 Å². The first-order valence-corrected chi connectivity index (χ1v) is 6.78. The molecule has 0 fully saturated rings. The van der Waals surface area contributed by atoms with Crippen molar-refractivity contribution < 1.29 is 4.55 Å². The highest BCUT2D eigenvalue weighted by molar-refractivity contribution is 7.91. The summed E-state index contributed by atoms with van der Waals surface area (Å²) in [7, 11) is 0. The third-order valence-electron chi connectivity index (χ3n) is 2.93. The summed E-state index contributed by atoms with van der Waals surface area (Å²) in [6.45, 7) is 3.85. The maximum absolute atomic E-state index is 12.4. The van der Waals surface area contributed by atoms with Gasteiger partial charge in [-0.25, -0.2) is 0 Å². The molecule has 0 aliphatic rings.